The van der Waals surface area contributed by atoms with Crippen molar-refractivity contribution in [1.82, 2.24) is 19.7 Å². The Labute approximate surface area is 131 Å². The molecular formula is C17H24N4O. The lowest BCUT2D eigenvalue weighted by Gasteiger charge is -2.29. The third kappa shape index (κ3) is 3.47. The van der Waals surface area contributed by atoms with Gasteiger partial charge in [0.2, 0.25) is 0 Å². The Morgan fingerprint density at radius 3 is 2.82 bits per heavy atom. The predicted molar refractivity (Wildman–Crippen MR) is 86.5 cm³/mol. The highest BCUT2D eigenvalue weighted by Crippen LogP contribution is 2.21. The fraction of sp³-hybridized carbons (Fsp3) is 0.529. The molecule has 0 radical (unpaired) electrons. The number of aromatic nitrogens is 3. The van der Waals surface area contributed by atoms with Crippen LogP contribution in [0.15, 0.2) is 30.6 Å². The summed E-state index contributed by atoms with van der Waals surface area (Å²) < 4.78 is 7.14. The second-order valence-corrected chi connectivity index (χ2v) is 6.10. The Balaban J connectivity index is 1.66. The fourth-order valence-corrected chi connectivity index (χ4v) is 3.22. The summed E-state index contributed by atoms with van der Waals surface area (Å²) in [5.74, 6) is 2.67. The lowest BCUT2D eigenvalue weighted by atomic mass is 9.93. The van der Waals surface area contributed by atoms with Crippen molar-refractivity contribution in [3.8, 4) is 11.4 Å². The molecule has 5 heteroatoms. The summed E-state index contributed by atoms with van der Waals surface area (Å²) in [5, 5.41) is 4.37. The second-order valence-electron chi connectivity index (χ2n) is 6.10. The summed E-state index contributed by atoms with van der Waals surface area (Å²) in [7, 11) is 3.89. The zero-order valence-electron chi connectivity index (χ0n) is 13.4. The predicted octanol–water partition coefficient (Wildman–Crippen LogP) is 2.55. The van der Waals surface area contributed by atoms with E-state index in [2.05, 4.69) is 22.0 Å². The van der Waals surface area contributed by atoms with Gasteiger partial charge in [-0.1, -0.05) is 0 Å². The lowest BCUT2D eigenvalue weighted by Crippen LogP contribution is -2.32. The van der Waals surface area contributed by atoms with Gasteiger partial charge in [0, 0.05) is 13.0 Å². The number of ether oxygens (including phenoxy) is 1. The van der Waals surface area contributed by atoms with Crippen molar-refractivity contribution in [1.29, 1.82) is 0 Å². The monoisotopic (exact) mass is 300 g/mol. The fourth-order valence-electron chi connectivity index (χ4n) is 3.22. The molecule has 1 saturated heterocycles. The first-order valence-corrected chi connectivity index (χ1v) is 7.98. The molecule has 0 saturated carbocycles. The van der Waals surface area contributed by atoms with Gasteiger partial charge in [0.25, 0.3) is 0 Å². The quantitative estimate of drug-likeness (QED) is 0.851. The molecular weight excluding hydrogens is 276 g/mol. The van der Waals surface area contributed by atoms with Crippen molar-refractivity contribution < 1.29 is 4.74 Å². The first-order chi connectivity index (χ1) is 10.8. The van der Waals surface area contributed by atoms with Gasteiger partial charge in [-0.05, 0) is 63.0 Å². The lowest BCUT2D eigenvalue weighted by molar-refractivity contribution is 0.201. The van der Waals surface area contributed by atoms with Crippen LogP contribution in [-0.2, 0) is 6.42 Å². The summed E-state index contributed by atoms with van der Waals surface area (Å²) >= 11 is 0. The minimum absolute atomic E-state index is 0.778. The molecule has 0 bridgehead atoms. The van der Waals surface area contributed by atoms with Crippen molar-refractivity contribution in [2.75, 3.05) is 27.2 Å². The van der Waals surface area contributed by atoms with Crippen LogP contribution in [0.5, 0.6) is 5.75 Å². The van der Waals surface area contributed by atoms with Gasteiger partial charge in [-0.2, -0.15) is 5.10 Å². The Morgan fingerprint density at radius 1 is 1.27 bits per heavy atom. The Morgan fingerprint density at radius 2 is 2.09 bits per heavy atom. The molecule has 0 N–H and O–H groups in total. The van der Waals surface area contributed by atoms with Gasteiger partial charge in [0.05, 0.1) is 12.8 Å². The number of rotatable bonds is 5. The maximum atomic E-state index is 5.20. The molecule has 1 fully saturated rings. The van der Waals surface area contributed by atoms with Crippen LogP contribution in [0.1, 0.15) is 25.1 Å². The molecule has 1 aliphatic rings. The zero-order valence-corrected chi connectivity index (χ0v) is 13.4. The number of benzene rings is 1. The topological polar surface area (TPSA) is 43.2 Å². The molecule has 1 aromatic carbocycles. The van der Waals surface area contributed by atoms with E-state index in [-0.39, 0.29) is 0 Å². The van der Waals surface area contributed by atoms with Crippen molar-refractivity contribution >= 4 is 0 Å². The third-order valence-corrected chi connectivity index (χ3v) is 4.43. The van der Waals surface area contributed by atoms with Crippen LogP contribution in [0.3, 0.4) is 0 Å². The molecule has 0 spiro atoms. The summed E-state index contributed by atoms with van der Waals surface area (Å²) in [6.07, 6.45) is 6.45. The molecule has 1 unspecified atom stereocenters. The highest BCUT2D eigenvalue weighted by molar-refractivity contribution is 5.37. The highest BCUT2D eigenvalue weighted by Gasteiger charge is 2.18. The van der Waals surface area contributed by atoms with Gasteiger partial charge in [0.1, 0.15) is 17.9 Å². The van der Waals surface area contributed by atoms with E-state index in [9.17, 15) is 0 Å². The summed E-state index contributed by atoms with van der Waals surface area (Å²) in [4.78, 5) is 6.88. The molecule has 5 nitrogen and oxygen atoms in total. The molecule has 3 rings (SSSR count). The van der Waals surface area contributed by atoms with E-state index >= 15 is 0 Å². The number of nitrogens with zero attached hydrogens (tertiary/aromatic N) is 4. The average Bonchev–Trinajstić information content (AvgIpc) is 3.01. The summed E-state index contributed by atoms with van der Waals surface area (Å²) in [6.45, 7) is 2.44. The van der Waals surface area contributed by atoms with E-state index in [4.69, 9.17) is 4.74 Å². The molecule has 22 heavy (non-hydrogen) atoms. The standard InChI is InChI=1S/C17H24N4O/c1-20-11-3-4-14(12-20)5-10-17-18-13-19-21(17)15-6-8-16(22-2)9-7-15/h6-9,13-14H,3-5,10-12H2,1-2H3. The van der Waals surface area contributed by atoms with Crippen molar-refractivity contribution in [3.05, 3.63) is 36.4 Å². The maximum absolute atomic E-state index is 5.20. The Kier molecular flexibility index (Phi) is 4.73. The van der Waals surface area contributed by atoms with Gasteiger partial charge < -0.3 is 9.64 Å². The van der Waals surface area contributed by atoms with Gasteiger partial charge in [-0.15, -0.1) is 0 Å². The van der Waals surface area contributed by atoms with Crippen molar-refractivity contribution in [2.45, 2.75) is 25.7 Å². The van der Waals surface area contributed by atoms with Gasteiger partial charge in [-0.3, -0.25) is 0 Å². The van der Waals surface area contributed by atoms with Gasteiger partial charge >= 0.3 is 0 Å². The summed E-state index contributed by atoms with van der Waals surface area (Å²) in [5.41, 5.74) is 1.04. The molecule has 2 heterocycles. The molecule has 118 valence electrons. The van der Waals surface area contributed by atoms with E-state index in [1.54, 1.807) is 13.4 Å². The average molecular weight is 300 g/mol. The number of piperidine rings is 1. The van der Waals surface area contributed by atoms with Crippen LogP contribution in [0.2, 0.25) is 0 Å². The number of likely N-dealkylation sites (tertiary alicyclic amines) is 1. The Hall–Kier alpha value is -1.88. The first kappa shape index (κ1) is 15.0. The van der Waals surface area contributed by atoms with Crippen LogP contribution in [0, 0.1) is 5.92 Å². The molecule has 1 aromatic heterocycles. The van der Waals surface area contributed by atoms with Gasteiger partial charge in [0.15, 0.2) is 0 Å². The van der Waals surface area contributed by atoms with E-state index in [0.29, 0.717) is 0 Å². The molecule has 0 aliphatic carbocycles. The van der Waals surface area contributed by atoms with Crippen molar-refractivity contribution in [2.24, 2.45) is 5.92 Å². The number of methoxy groups -OCH3 is 1. The minimum Gasteiger partial charge on any atom is -0.497 e. The molecule has 0 amide bonds. The largest absolute Gasteiger partial charge is 0.497 e. The normalized spacial score (nSPS) is 19.3. The Bertz CT molecular complexity index is 593. The van der Waals surface area contributed by atoms with E-state index in [1.807, 2.05) is 28.9 Å². The van der Waals surface area contributed by atoms with Crippen LogP contribution >= 0.6 is 0 Å². The smallest absolute Gasteiger partial charge is 0.138 e. The second kappa shape index (κ2) is 6.92. The SMILES string of the molecule is COc1ccc(-n2ncnc2CCC2CCCN(C)C2)cc1. The van der Waals surface area contributed by atoms with Crippen LogP contribution in [0.4, 0.5) is 0 Å². The van der Waals surface area contributed by atoms with Crippen LogP contribution < -0.4 is 4.74 Å². The van der Waals surface area contributed by atoms with E-state index < -0.39 is 0 Å². The molecule has 1 aliphatic heterocycles. The molecule has 1 atom stereocenters. The highest BCUT2D eigenvalue weighted by atomic mass is 16.5. The summed E-state index contributed by atoms with van der Waals surface area (Å²) in [6, 6.07) is 7.95. The first-order valence-electron chi connectivity index (χ1n) is 7.98. The minimum atomic E-state index is 0.778. The van der Waals surface area contributed by atoms with Crippen LogP contribution in [0.25, 0.3) is 5.69 Å². The van der Waals surface area contributed by atoms with Crippen LogP contribution in [-0.4, -0.2) is 46.9 Å². The van der Waals surface area contributed by atoms with E-state index in [1.165, 1.54) is 32.4 Å². The maximum Gasteiger partial charge on any atom is 0.138 e. The number of hydrogen-bond donors (Lipinski definition) is 0. The number of hydrogen-bond acceptors (Lipinski definition) is 4. The van der Waals surface area contributed by atoms with Gasteiger partial charge in [-0.25, -0.2) is 9.67 Å². The molecule has 2 aromatic rings. The third-order valence-electron chi connectivity index (χ3n) is 4.43. The number of aryl methyl sites for hydroxylation is 1. The van der Waals surface area contributed by atoms with E-state index in [0.717, 1.165) is 29.6 Å². The van der Waals surface area contributed by atoms with Crippen molar-refractivity contribution in [3.63, 3.8) is 0 Å². The zero-order chi connectivity index (χ0) is 15.4.